The lowest BCUT2D eigenvalue weighted by Gasteiger charge is -2.33. The molecule has 0 spiro atoms. The molecule has 4 rings (SSSR count). The number of carboxylic acid groups (broad SMARTS) is 1. The number of carboxylic acids is 1. The quantitative estimate of drug-likeness (QED) is 0.468. The smallest absolute Gasteiger partial charge is 0.410 e. The summed E-state index contributed by atoms with van der Waals surface area (Å²) < 4.78 is 5.88. The Kier molecular flexibility index (Phi) is 6.78. The van der Waals surface area contributed by atoms with E-state index >= 15 is 0 Å². The Morgan fingerprint density at radius 2 is 1.42 bits per heavy atom. The van der Waals surface area contributed by atoms with Gasteiger partial charge in [0.05, 0.1) is 6.42 Å². The average molecular weight is 444 g/mol. The lowest BCUT2D eigenvalue weighted by Crippen LogP contribution is -2.44. The predicted octanol–water partition coefficient (Wildman–Crippen LogP) is 5.94. The van der Waals surface area contributed by atoms with E-state index in [-0.39, 0.29) is 24.9 Å². The molecule has 3 aromatic carbocycles. The summed E-state index contributed by atoms with van der Waals surface area (Å²) in [5.74, 6) is -1.01. The van der Waals surface area contributed by atoms with Crippen molar-refractivity contribution in [3.63, 3.8) is 0 Å². The number of carbonyl (C=O) groups is 2. The van der Waals surface area contributed by atoms with Gasteiger partial charge in [-0.3, -0.25) is 4.79 Å². The zero-order valence-corrected chi connectivity index (χ0v) is 19.0. The van der Waals surface area contributed by atoms with Crippen LogP contribution in [0.15, 0.2) is 78.9 Å². The third kappa shape index (κ3) is 4.92. The molecular formula is C28H29NO4. The van der Waals surface area contributed by atoms with Gasteiger partial charge in [-0.25, -0.2) is 4.79 Å². The third-order valence-corrected chi connectivity index (χ3v) is 6.32. The maximum Gasteiger partial charge on any atom is 0.410 e. The summed E-state index contributed by atoms with van der Waals surface area (Å²) in [6, 6.07) is 25.5. The fourth-order valence-corrected chi connectivity index (χ4v) is 4.66. The van der Waals surface area contributed by atoms with Gasteiger partial charge >= 0.3 is 12.1 Å². The zero-order chi connectivity index (χ0) is 23.4. The third-order valence-electron chi connectivity index (χ3n) is 6.32. The Bertz CT molecular complexity index is 1080. The Morgan fingerprint density at radius 3 is 1.97 bits per heavy atom. The molecule has 5 heteroatoms. The van der Waals surface area contributed by atoms with Crippen molar-refractivity contribution in [3.8, 4) is 11.1 Å². The molecule has 1 amide bonds. The first kappa shape index (κ1) is 22.6. The van der Waals surface area contributed by atoms with Gasteiger partial charge in [-0.05, 0) is 33.7 Å². The minimum atomic E-state index is -0.932. The summed E-state index contributed by atoms with van der Waals surface area (Å²) in [5, 5.41) is 9.47. The van der Waals surface area contributed by atoms with Crippen LogP contribution in [0.5, 0.6) is 0 Å². The van der Waals surface area contributed by atoms with E-state index in [0.717, 1.165) is 16.7 Å². The second kappa shape index (κ2) is 9.90. The number of fused-ring (bicyclic) bond motifs is 3. The van der Waals surface area contributed by atoms with E-state index in [2.05, 4.69) is 24.3 Å². The van der Waals surface area contributed by atoms with Crippen molar-refractivity contribution < 1.29 is 19.4 Å². The second-order valence-electron chi connectivity index (χ2n) is 8.83. The monoisotopic (exact) mass is 443 g/mol. The van der Waals surface area contributed by atoms with E-state index in [9.17, 15) is 14.7 Å². The van der Waals surface area contributed by atoms with Crippen LogP contribution >= 0.6 is 0 Å². The highest BCUT2D eigenvalue weighted by Crippen LogP contribution is 2.44. The van der Waals surface area contributed by atoms with Gasteiger partial charge in [-0.15, -0.1) is 0 Å². The summed E-state index contributed by atoms with van der Waals surface area (Å²) in [4.78, 5) is 26.5. The van der Waals surface area contributed by atoms with Crippen molar-refractivity contribution in [1.82, 2.24) is 4.90 Å². The van der Waals surface area contributed by atoms with Crippen LogP contribution in [0.1, 0.15) is 42.9 Å². The van der Waals surface area contributed by atoms with Gasteiger partial charge in [-0.2, -0.15) is 0 Å². The normalized spacial score (nSPS) is 13.3. The minimum absolute atomic E-state index is 0.0368. The summed E-state index contributed by atoms with van der Waals surface area (Å²) in [6.45, 7) is 4.37. The molecule has 0 fully saturated rings. The molecule has 1 N–H and O–H groups in total. The van der Waals surface area contributed by atoms with E-state index < -0.39 is 18.1 Å². The lowest BCUT2D eigenvalue weighted by atomic mass is 9.98. The van der Waals surface area contributed by atoms with Crippen molar-refractivity contribution in [1.29, 1.82) is 0 Å². The summed E-state index contributed by atoms with van der Waals surface area (Å²) in [7, 11) is 0. The van der Waals surface area contributed by atoms with Crippen molar-refractivity contribution in [2.45, 2.75) is 38.8 Å². The molecule has 0 radical (unpaired) electrons. The highest BCUT2D eigenvalue weighted by Gasteiger charge is 2.33. The molecule has 170 valence electrons. The van der Waals surface area contributed by atoms with Gasteiger partial charge in [0.2, 0.25) is 0 Å². The molecular weight excluding hydrogens is 414 g/mol. The number of nitrogens with zero attached hydrogens (tertiary/aromatic N) is 1. The van der Waals surface area contributed by atoms with Crippen LogP contribution in [-0.4, -0.2) is 34.7 Å². The number of benzene rings is 3. The molecule has 1 atom stereocenters. The Morgan fingerprint density at radius 1 is 0.879 bits per heavy atom. The summed E-state index contributed by atoms with van der Waals surface area (Å²) >= 11 is 0. The number of rotatable bonds is 8. The molecule has 33 heavy (non-hydrogen) atoms. The number of amides is 1. The van der Waals surface area contributed by atoms with E-state index in [4.69, 9.17) is 4.74 Å². The molecule has 1 unspecified atom stereocenters. The van der Waals surface area contributed by atoms with Crippen LogP contribution in [0, 0.1) is 5.92 Å². The summed E-state index contributed by atoms with van der Waals surface area (Å²) in [6.07, 6.45) is -0.616. The van der Waals surface area contributed by atoms with Gasteiger partial charge in [0.1, 0.15) is 6.61 Å². The topological polar surface area (TPSA) is 66.8 Å². The van der Waals surface area contributed by atoms with Crippen molar-refractivity contribution in [2.24, 2.45) is 5.92 Å². The van der Waals surface area contributed by atoms with Crippen molar-refractivity contribution >= 4 is 12.1 Å². The molecule has 0 heterocycles. The van der Waals surface area contributed by atoms with Crippen LogP contribution in [0.2, 0.25) is 0 Å². The van der Waals surface area contributed by atoms with Crippen molar-refractivity contribution in [3.05, 3.63) is 95.6 Å². The van der Waals surface area contributed by atoms with E-state index in [1.807, 2.05) is 68.4 Å². The molecule has 0 aliphatic heterocycles. The minimum Gasteiger partial charge on any atom is -0.481 e. The van der Waals surface area contributed by atoms with E-state index in [1.54, 1.807) is 4.90 Å². The van der Waals surface area contributed by atoms with Gasteiger partial charge < -0.3 is 14.7 Å². The molecule has 3 aromatic rings. The number of hydrogen-bond acceptors (Lipinski definition) is 3. The largest absolute Gasteiger partial charge is 0.481 e. The van der Waals surface area contributed by atoms with Crippen LogP contribution in [0.3, 0.4) is 0 Å². The van der Waals surface area contributed by atoms with Gasteiger partial charge in [0.25, 0.3) is 0 Å². The predicted molar refractivity (Wildman–Crippen MR) is 128 cm³/mol. The average Bonchev–Trinajstić information content (AvgIpc) is 3.14. The lowest BCUT2D eigenvalue weighted by molar-refractivity contribution is -0.138. The Labute approximate surface area is 194 Å². The first-order valence-electron chi connectivity index (χ1n) is 11.3. The molecule has 5 nitrogen and oxygen atoms in total. The molecule has 1 aliphatic rings. The standard InChI is InChI=1S/C28H29NO4/c1-19(2)26(16-27(30)31)29(17-20-10-4-3-5-11-20)28(32)33-18-25-23-14-8-6-12-21(23)22-13-7-9-15-24(22)25/h3-15,19,25-26H,16-18H2,1-2H3,(H,30,31). The first-order valence-corrected chi connectivity index (χ1v) is 11.3. The highest BCUT2D eigenvalue weighted by atomic mass is 16.6. The second-order valence-corrected chi connectivity index (χ2v) is 8.83. The SMILES string of the molecule is CC(C)C(CC(=O)O)N(Cc1ccccc1)C(=O)OCC1c2ccccc2-c2ccccc21. The van der Waals surface area contributed by atoms with E-state index in [1.165, 1.54) is 11.1 Å². The molecule has 0 aromatic heterocycles. The highest BCUT2D eigenvalue weighted by molar-refractivity contribution is 5.79. The van der Waals surface area contributed by atoms with Gasteiger partial charge in [0, 0.05) is 18.5 Å². The Balaban J connectivity index is 1.57. The maximum absolute atomic E-state index is 13.4. The van der Waals surface area contributed by atoms with Crippen LogP contribution in [0.25, 0.3) is 11.1 Å². The fourth-order valence-electron chi connectivity index (χ4n) is 4.66. The number of ether oxygens (including phenoxy) is 1. The van der Waals surface area contributed by atoms with Crippen LogP contribution in [0.4, 0.5) is 4.79 Å². The van der Waals surface area contributed by atoms with Crippen LogP contribution < -0.4 is 0 Å². The number of aliphatic carboxylic acids is 1. The Hall–Kier alpha value is -3.60. The summed E-state index contributed by atoms with van der Waals surface area (Å²) in [5.41, 5.74) is 5.56. The molecule has 0 saturated carbocycles. The molecule has 1 aliphatic carbocycles. The molecule has 0 saturated heterocycles. The number of carbonyl (C=O) groups excluding carboxylic acids is 1. The van der Waals surface area contributed by atoms with Crippen molar-refractivity contribution in [2.75, 3.05) is 6.61 Å². The maximum atomic E-state index is 13.4. The van der Waals surface area contributed by atoms with E-state index in [0.29, 0.717) is 6.54 Å². The molecule has 0 bridgehead atoms. The zero-order valence-electron chi connectivity index (χ0n) is 19.0. The fraction of sp³-hybridized carbons (Fsp3) is 0.286. The van der Waals surface area contributed by atoms with Crippen LogP contribution in [-0.2, 0) is 16.1 Å². The van der Waals surface area contributed by atoms with Gasteiger partial charge in [0.15, 0.2) is 0 Å². The first-order chi connectivity index (χ1) is 16.0. The van der Waals surface area contributed by atoms with Gasteiger partial charge in [-0.1, -0.05) is 92.7 Å². The number of hydrogen-bond donors (Lipinski definition) is 1.